The van der Waals surface area contributed by atoms with E-state index in [4.69, 9.17) is 0 Å². The summed E-state index contributed by atoms with van der Waals surface area (Å²) >= 11 is 0. The van der Waals surface area contributed by atoms with Gasteiger partial charge < -0.3 is 15.1 Å². The highest BCUT2D eigenvalue weighted by Crippen LogP contribution is 2.20. The molecule has 0 radical (unpaired) electrons. The van der Waals surface area contributed by atoms with Gasteiger partial charge in [-0.15, -0.1) is 0 Å². The van der Waals surface area contributed by atoms with Gasteiger partial charge in [-0.2, -0.15) is 9.67 Å². The summed E-state index contributed by atoms with van der Waals surface area (Å²) in [4.78, 5) is 1.95. The summed E-state index contributed by atoms with van der Waals surface area (Å²) in [7, 11) is 3.95. The van der Waals surface area contributed by atoms with E-state index in [9.17, 15) is 10.2 Å². The first-order valence-electron chi connectivity index (χ1n) is 9.36. The van der Waals surface area contributed by atoms with Crippen LogP contribution in [0, 0.1) is 0 Å². The largest absolute Gasteiger partial charge is 0.395 e. The minimum absolute atomic E-state index is 0.0503. The van der Waals surface area contributed by atoms with Gasteiger partial charge in [-0.1, -0.05) is 12.1 Å². The number of hydrazone groups is 1. The lowest BCUT2D eigenvalue weighted by Crippen LogP contribution is -2.34. The van der Waals surface area contributed by atoms with Crippen LogP contribution in [0.4, 0.5) is 11.4 Å². The minimum atomic E-state index is 0.0503. The maximum atomic E-state index is 9.18. The quantitative estimate of drug-likeness (QED) is 0.357. The van der Waals surface area contributed by atoms with Crippen LogP contribution in [0.3, 0.4) is 0 Å². The topological polar surface area (TPSA) is 63.2 Å². The van der Waals surface area contributed by atoms with Crippen LogP contribution < -0.4 is 14.5 Å². The number of anilines is 2. The summed E-state index contributed by atoms with van der Waals surface area (Å²) in [6, 6.07) is 20.3. The molecule has 3 rings (SSSR count). The highest BCUT2D eigenvalue weighted by Gasteiger charge is 2.10. The summed E-state index contributed by atoms with van der Waals surface area (Å²) < 4.78 is 2.12. The van der Waals surface area contributed by atoms with E-state index >= 15 is 0 Å². The number of benzene rings is 2. The van der Waals surface area contributed by atoms with E-state index in [1.54, 1.807) is 0 Å². The van der Waals surface area contributed by atoms with Crippen LogP contribution in [0.2, 0.25) is 0 Å². The van der Waals surface area contributed by atoms with Gasteiger partial charge in [0, 0.05) is 43.3 Å². The van der Waals surface area contributed by atoms with Crippen molar-refractivity contribution in [3.05, 3.63) is 66.4 Å². The van der Waals surface area contributed by atoms with Crippen LogP contribution in [0.1, 0.15) is 5.69 Å². The van der Waals surface area contributed by atoms with Gasteiger partial charge in [0.25, 0.3) is 0 Å². The number of aliphatic hydroxyl groups is 2. The molecule has 146 valence electrons. The van der Waals surface area contributed by atoms with Gasteiger partial charge in [-0.3, -0.25) is 5.01 Å². The third-order valence-electron chi connectivity index (χ3n) is 4.81. The lowest BCUT2D eigenvalue weighted by Gasteiger charge is -2.23. The normalized spacial score (nSPS) is 11.3. The molecule has 3 aromatic rings. The van der Waals surface area contributed by atoms with Gasteiger partial charge in [0.15, 0.2) is 0 Å². The summed E-state index contributed by atoms with van der Waals surface area (Å²) in [6.45, 7) is 1.09. The second kappa shape index (κ2) is 9.30. The molecule has 0 aliphatic rings. The SMILES string of the molecule is CN(N=Cc1ccc2ccccc2[n+]1C)c1ccc(N(CCO)CCO)cc1. The van der Waals surface area contributed by atoms with E-state index in [2.05, 4.69) is 33.9 Å². The smallest absolute Gasteiger partial charge is 0.225 e. The van der Waals surface area contributed by atoms with Gasteiger partial charge in [0.2, 0.25) is 11.2 Å². The molecule has 2 N–H and O–H groups in total. The van der Waals surface area contributed by atoms with Crippen molar-refractivity contribution in [2.24, 2.45) is 12.1 Å². The van der Waals surface area contributed by atoms with Crippen molar-refractivity contribution >= 4 is 28.5 Å². The van der Waals surface area contributed by atoms with Crippen LogP contribution >= 0.6 is 0 Å². The first-order valence-corrected chi connectivity index (χ1v) is 9.36. The molecular weight excluding hydrogens is 352 g/mol. The number of para-hydroxylation sites is 1. The average Bonchev–Trinajstić information content (AvgIpc) is 2.73. The highest BCUT2D eigenvalue weighted by atomic mass is 16.3. The predicted molar refractivity (Wildman–Crippen MR) is 114 cm³/mol. The standard InChI is InChI=1S/C22H27N4O2/c1-24-21(8-7-18-5-3-4-6-22(18)24)17-23-25(2)19-9-11-20(12-10-19)26(13-15-27)14-16-28/h3-12,17,27-28H,13-16H2,1-2H3/q+1. The fraction of sp³-hybridized carbons (Fsp3) is 0.273. The third-order valence-corrected chi connectivity index (χ3v) is 4.81. The van der Waals surface area contributed by atoms with E-state index < -0.39 is 0 Å². The van der Waals surface area contributed by atoms with Crippen molar-refractivity contribution in [1.29, 1.82) is 0 Å². The number of aryl methyl sites for hydroxylation is 1. The fourth-order valence-corrected chi connectivity index (χ4v) is 3.19. The number of aliphatic hydroxyl groups excluding tert-OH is 2. The molecular formula is C22H27N4O2+. The second-order valence-corrected chi connectivity index (χ2v) is 6.59. The van der Waals surface area contributed by atoms with E-state index in [0.29, 0.717) is 13.1 Å². The lowest BCUT2D eigenvalue weighted by molar-refractivity contribution is -0.645. The van der Waals surface area contributed by atoms with Crippen molar-refractivity contribution in [1.82, 2.24) is 0 Å². The van der Waals surface area contributed by atoms with Gasteiger partial charge in [-0.05, 0) is 36.4 Å². The first kappa shape index (κ1) is 19.8. The molecule has 0 spiro atoms. The van der Waals surface area contributed by atoms with Gasteiger partial charge in [0.1, 0.15) is 13.3 Å². The summed E-state index contributed by atoms with van der Waals surface area (Å²) in [5.74, 6) is 0. The van der Waals surface area contributed by atoms with Crippen molar-refractivity contribution in [2.75, 3.05) is 43.3 Å². The van der Waals surface area contributed by atoms with Gasteiger partial charge in [0.05, 0.1) is 18.9 Å². The molecule has 1 aromatic heterocycles. The van der Waals surface area contributed by atoms with E-state index in [0.717, 1.165) is 22.6 Å². The zero-order chi connectivity index (χ0) is 19.9. The lowest BCUT2D eigenvalue weighted by atomic mass is 10.2. The Bertz CT molecular complexity index is 935. The number of pyridine rings is 1. The molecule has 2 aromatic carbocycles. The molecule has 0 bridgehead atoms. The van der Waals surface area contributed by atoms with Crippen LogP contribution in [0.5, 0.6) is 0 Å². The Morgan fingerprint density at radius 1 is 0.893 bits per heavy atom. The van der Waals surface area contributed by atoms with Crippen LogP contribution in [-0.2, 0) is 7.05 Å². The molecule has 0 aliphatic carbocycles. The number of fused-ring (bicyclic) bond motifs is 1. The van der Waals surface area contributed by atoms with E-state index in [1.807, 2.05) is 66.6 Å². The molecule has 0 fully saturated rings. The fourth-order valence-electron chi connectivity index (χ4n) is 3.19. The number of nitrogens with zero attached hydrogens (tertiary/aromatic N) is 4. The Morgan fingerprint density at radius 3 is 2.21 bits per heavy atom. The van der Waals surface area contributed by atoms with Crippen LogP contribution in [0.25, 0.3) is 10.9 Å². The van der Waals surface area contributed by atoms with Gasteiger partial charge in [-0.25, -0.2) is 0 Å². The van der Waals surface area contributed by atoms with Crippen molar-refractivity contribution in [3.8, 4) is 0 Å². The van der Waals surface area contributed by atoms with Crippen molar-refractivity contribution in [3.63, 3.8) is 0 Å². The monoisotopic (exact) mass is 379 g/mol. The molecule has 6 nitrogen and oxygen atoms in total. The number of hydrogen-bond acceptors (Lipinski definition) is 5. The molecule has 0 saturated heterocycles. The second-order valence-electron chi connectivity index (χ2n) is 6.59. The molecule has 0 aliphatic heterocycles. The van der Waals surface area contributed by atoms with Gasteiger partial charge >= 0.3 is 0 Å². The molecule has 0 atom stereocenters. The van der Waals surface area contributed by atoms with Crippen molar-refractivity contribution in [2.45, 2.75) is 0 Å². The number of aromatic nitrogens is 1. The molecule has 0 amide bonds. The Morgan fingerprint density at radius 2 is 1.54 bits per heavy atom. The summed E-state index contributed by atoms with van der Waals surface area (Å²) in [6.07, 6.45) is 1.85. The Labute approximate surface area is 165 Å². The molecule has 28 heavy (non-hydrogen) atoms. The van der Waals surface area contributed by atoms with Crippen molar-refractivity contribution < 1.29 is 14.8 Å². The summed E-state index contributed by atoms with van der Waals surface area (Å²) in [5.41, 5.74) is 4.09. The predicted octanol–water partition coefficient (Wildman–Crippen LogP) is 1.93. The van der Waals surface area contributed by atoms with E-state index in [1.165, 1.54) is 5.39 Å². The highest BCUT2D eigenvalue weighted by molar-refractivity contribution is 5.81. The van der Waals surface area contributed by atoms with Crippen LogP contribution in [-0.4, -0.2) is 49.8 Å². The zero-order valence-corrected chi connectivity index (χ0v) is 16.4. The Kier molecular flexibility index (Phi) is 6.57. The molecule has 1 heterocycles. The Balaban J connectivity index is 1.75. The summed E-state index contributed by atoms with van der Waals surface area (Å²) in [5, 5.41) is 26.0. The maximum absolute atomic E-state index is 9.18. The third kappa shape index (κ3) is 4.47. The Hall–Kier alpha value is -2.96. The first-order chi connectivity index (χ1) is 13.6. The molecule has 0 saturated carbocycles. The molecule has 6 heteroatoms. The average molecular weight is 379 g/mol. The number of rotatable bonds is 8. The maximum Gasteiger partial charge on any atom is 0.225 e. The van der Waals surface area contributed by atoms with Crippen LogP contribution in [0.15, 0.2) is 65.8 Å². The minimum Gasteiger partial charge on any atom is -0.395 e. The zero-order valence-electron chi connectivity index (χ0n) is 16.4. The van der Waals surface area contributed by atoms with E-state index in [-0.39, 0.29) is 13.2 Å². The molecule has 0 unspecified atom stereocenters. The number of hydrogen-bond donors (Lipinski definition) is 2.